The van der Waals surface area contributed by atoms with E-state index in [1.165, 1.54) is 0 Å². The van der Waals surface area contributed by atoms with Crippen molar-refractivity contribution in [3.8, 4) is 11.5 Å². The summed E-state index contributed by atoms with van der Waals surface area (Å²) < 4.78 is 11.0. The highest BCUT2D eigenvalue weighted by molar-refractivity contribution is 6.05. The van der Waals surface area contributed by atoms with Crippen LogP contribution in [0.5, 0.6) is 11.5 Å². The topological polar surface area (TPSA) is 89.0 Å². The lowest BCUT2D eigenvalue weighted by atomic mass is 10.1. The van der Waals surface area contributed by atoms with Crippen LogP contribution in [0.1, 0.15) is 25.3 Å². The van der Waals surface area contributed by atoms with Crippen LogP contribution >= 0.6 is 0 Å². The molecule has 2 aromatic rings. The molecule has 2 aromatic carbocycles. The first-order valence-corrected chi connectivity index (χ1v) is 9.15. The number of nitrogens with one attached hydrogen (secondary N) is 2. The van der Waals surface area contributed by atoms with E-state index < -0.39 is 0 Å². The molecule has 0 spiro atoms. The number of ether oxygens (including phenoxy) is 2. The number of hydrogen-bond acceptors (Lipinski definition) is 5. The predicted molar refractivity (Wildman–Crippen MR) is 107 cm³/mol. The van der Waals surface area contributed by atoms with Crippen molar-refractivity contribution >= 4 is 23.2 Å². The Bertz CT molecular complexity index is 865. The van der Waals surface area contributed by atoms with Gasteiger partial charge in [0.15, 0.2) is 11.5 Å². The summed E-state index contributed by atoms with van der Waals surface area (Å²) in [5.41, 5.74) is 4.73. The summed E-state index contributed by atoms with van der Waals surface area (Å²) >= 11 is 0. The Morgan fingerprint density at radius 2 is 1.75 bits per heavy atom. The second-order valence-corrected chi connectivity index (χ2v) is 6.45. The van der Waals surface area contributed by atoms with Crippen LogP contribution in [-0.2, 0) is 16.0 Å². The first-order chi connectivity index (χ1) is 13.6. The number of amides is 2. The largest absolute Gasteiger partial charge is 0.486 e. The van der Waals surface area contributed by atoms with Crippen molar-refractivity contribution in [3.63, 3.8) is 0 Å². The second kappa shape index (κ2) is 9.55. The minimum absolute atomic E-state index is 0.0768. The van der Waals surface area contributed by atoms with Gasteiger partial charge in [0.05, 0.1) is 6.42 Å². The molecule has 1 heterocycles. The summed E-state index contributed by atoms with van der Waals surface area (Å²) in [6.45, 7) is 2.70. The highest BCUT2D eigenvalue weighted by Crippen LogP contribution is 2.32. The average molecular weight is 381 g/mol. The van der Waals surface area contributed by atoms with Crippen LogP contribution in [0, 0.1) is 0 Å². The SMILES string of the molecule is C/C(CC(=O)Nc1ccc2c(c1)OCCO2)=N/NC(=O)CCc1ccccc1. The van der Waals surface area contributed by atoms with Gasteiger partial charge in [-0.1, -0.05) is 30.3 Å². The van der Waals surface area contributed by atoms with E-state index in [0.717, 1.165) is 5.56 Å². The summed E-state index contributed by atoms with van der Waals surface area (Å²) in [5, 5.41) is 6.79. The molecule has 0 bridgehead atoms. The molecule has 0 unspecified atom stereocenters. The number of carbonyl (C=O) groups excluding carboxylic acids is 2. The van der Waals surface area contributed by atoms with Crippen LogP contribution < -0.4 is 20.2 Å². The molecule has 2 N–H and O–H groups in total. The Balaban J connectivity index is 1.43. The van der Waals surface area contributed by atoms with Gasteiger partial charge in [-0.3, -0.25) is 9.59 Å². The van der Waals surface area contributed by atoms with E-state index in [9.17, 15) is 9.59 Å². The van der Waals surface area contributed by atoms with Crippen LogP contribution in [0.15, 0.2) is 53.6 Å². The van der Waals surface area contributed by atoms with Gasteiger partial charge in [-0.05, 0) is 31.0 Å². The Morgan fingerprint density at radius 3 is 2.54 bits per heavy atom. The molecule has 2 amide bonds. The number of carbonyl (C=O) groups is 2. The lowest BCUT2D eigenvalue weighted by Crippen LogP contribution is -2.21. The number of rotatable bonds is 7. The fraction of sp³-hybridized carbons (Fsp3) is 0.286. The minimum atomic E-state index is -0.225. The second-order valence-electron chi connectivity index (χ2n) is 6.45. The maximum atomic E-state index is 12.2. The number of aryl methyl sites for hydroxylation is 1. The standard InChI is InChI=1S/C21H23N3O4/c1-15(23-24-20(25)10-7-16-5-3-2-4-6-16)13-21(26)22-17-8-9-18-19(14-17)28-12-11-27-18/h2-6,8-9,14H,7,10-13H2,1H3,(H,22,26)(H,24,25)/b23-15-. The molecule has 1 aliphatic rings. The summed E-state index contributed by atoms with van der Waals surface area (Å²) in [6, 6.07) is 15.0. The van der Waals surface area contributed by atoms with Crippen LogP contribution in [0.3, 0.4) is 0 Å². The number of hydrogen-bond donors (Lipinski definition) is 2. The van der Waals surface area contributed by atoms with Gasteiger partial charge in [-0.15, -0.1) is 0 Å². The summed E-state index contributed by atoms with van der Waals surface area (Å²) in [6.07, 6.45) is 1.06. The number of nitrogens with zero attached hydrogens (tertiary/aromatic N) is 1. The van der Waals surface area contributed by atoms with E-state index in [1.807, 2.05) is 30.3 Å². The van der Waals surface area contributed by atoms with Crippen LogP contribution in [0.25, 0.3) is 0 Å². The summed E-state index contributed by atoms with van der Waals surface area (Å²) in [5.74, 6) is 0.868. The van der Waals surface area contributed by atoms with Gasteiger partial charge in [0.1, 0.15) is 13.2 Å². The van der Waals surface area contributed by atoms with Gasteiger partial charge in [-0.25, -0.2) is 5.43 Å². The zero-order chi connectivity index (χ0) is 19.8. The third-order valence-electron chi connectivity index (χ3n) is 4.10. The molecule has 0 aliphatic carbocycles. The normalized spacial score (nSPS) is 13.0. The maximum absolute atomic E-state index is 12.2. The Morgan fingerprint density at radius 1 is 1.00 bits per heavy atom. The molecule has 3 rings (SSSR count). The lowest BCUT2D eigenvalue weighted by molar-refractivity contribution is -0.121. The highest BCUT2D eigenvalue weighted by Gasteiger charge is 2.13. The highest BCUT2D eigenvalue weighted by atomic mass is 16.6. The predicted octanol–water partition coefficient (Wildman–Crippen LogP) is 2.91. The van der Waals surface area contributed by atoms with Gasteiger partial charge < -0.3 is 14.8 Å². The smallest absolute Gasteiger partial charge is 0.240 e. The van der Waals surface area contributed by atoms with E-state index in [1.54, 1.807) is 25.1 Å². The molecule has 1 aliphatic heterocycles. The zero-order valence-corrected chi connectivity index (χ0v) is 15.7. The van der Waals surface area contributed by atoms with E-state index in [-0.39, 0.29) is 18.2 Å². The van der Waals surface area contributed by atoms with Crippen molar-refractivity contribution in [1.29, 1.82) is 0 Å². The molecule has 0 saturated heterocycles. The average Bonchev–Trinajstić information content (AvgIpc) is 2.71. The van der Waals surface area contributed by atoms with Gasteiger partial charge in [0.2, 0.25) is 11.8 Å². The van der Waals surface area contributed by atoms with Crippen LogP contribution in [-0.4, -0.2) is 30.7 Å². The molecular weight excluding hydrogens is 358 g/mol. The Hall–Kier alpha value is -3.35. The molecule has 0 saturated carbocycles. The molecule has 0 atom stereocenters. The van der Waals surface area contributed by atoms with E-state index in [2.05, 4.69) is 15.8 Å². The van der Waals surface area contributed by atoms with E-state index >= 15 is 0 Å². The fourth-order valence-corrected chi connectivity index (χ4v) is 2.71. The lowest BCUT2D eigenvalue weighted by Gasteiger charge is -2.19. The monoisotopic (exact) mass is 381 g/mol. The summed E-state index contributed by atoms with van der Waals surface area (Å²) in [7, 11) is 0. The molecule has 7 heteroatoms. The van der Waals surface area contributed by atoms with Crippen molar-refractivity contribution < 1.29 is 19.1 Å². The summed E-state index contributed by atoms with van der Waals surface area (Å²) in [4.78, 5) is 24.1. The van der Waals surface area contributed by atoms with Crippen molar-refractivity contribution in [1.82, 2.24) is 5.43 Å². The molecule has 7 nitrogen and oxygen atoms in total. The van der Waals surface area contributed by atoms with Crippen molar-refractivity contribution in [2.75, 3.05) is 18.5 Å². The third kappa shape index (κ3) is 5.84. The molecule has 0 aromatic heterocycles. The Kier molecular flexibility index (Phi) is 6.62. The first-order valence-electron chi connectivity index (χ1n) is 9.15. The number of hydrazone groups is 1. The van der Waals surface area contributed by atoms with Gasteiger partial charge in [0.25, 0.3) is 0 Å². The Labute approximate surface area is 163 Å². The minimum Gasteiger partial charge on any atom is -0.486 e. The van der Waals surface area contributed by atoms with Crippen LogP contribution in [0.2, 0.25) is 0 Å². The molecular formula is C21H23N3O4. The van der Waals surface area contributed by atoms with Crippen molar-refractivity contribution in [2.24, 2.45) is 5.10 Å². The van der Waals surface area contributed by atoms with Gasteiger partial charge in [0, 0.05) is 23.9 Å². The molecule has 28 heavy (non-hydrogen) atoms. The van der Waals surface area contributed by atoms with E-state index in [4.69, 9.17) is 9.47 Å². The number of benzene rings is 2. The fourth-order valence-electron chi connectivity index (χ4n) is 2.71. The molecule has 0 fully saturated rings. The number of fused-ring (bicyclic) bond motifs is 1. The zero-order valence-electron chi connectivity index (χ0n) is 15.7. The van der Waals surface area contributed by atoms with Crippen molar-refractivity contribution in [3.05, 3.63) is 54.1 Å². The molecule has 146 valence electrons. The quantitative estimate of drug-likeness (QED) is 0.570. The first kappa shape index (κ1) is 19.4. The third-order valence-corrected chi connectivity index (χ3v) is 4.10. The van der Waals surface area contributed by atoms with Crippen molar-refractivity contribution in [2.45, 2.75) is 26.2 Å². The van der Waals surface area contributed by atoms with Crippen LogP contribution in [0.4, 0.5) is 5.69 Å². The maximum Gasteiger partial charge on any atom is 0.240 e. The molecule has 0 radical (unpaired) electrons. The van der Waals surface area contributed by atoms with Gasteiger partial charge in [-0.2, -0.15) is 5.10 Å². The van der Waals surface area contributed by atoms with Gasteiger partial charge >= 0.3 is 0 Å². The number of anilines is 1. The van der Waals surface area contributed by atoms with E-state index in [0.29, 0.717) is 49.0 Å².